The lowest BCUT2D eigenvalue weighted by atomic mass is 10.1. The SMILES string of the molecule is COCCO[C@H]1CCN(c2ccc(-c3cc(=O)c(C(=O)O)cn3-c3ccc4nc(N5CCOCC5)sc4c3)cc2)C1. The molecule has 2 aliphatic rings. The molecule has 0 saturated carbocycles. The number of rotatable bonds is 9. The van der Waals surface area contributed by atoms with Gasteiger partial charge in [-0.1, -0.05) is 23.5 Å². The zero-order chi connectivity index (χ0) is 28.3. The maximum Gasteiger partial charge on any atom is 0.341 e. The highest BCUT2D eigenvalue weighted by atomic mass is 32.1. The summed E-state index contributed by atoms with van der Waals surface area (Å²) in [5.74, 6) is -1.25. The van der Waals surface area contributed by atoms with Crippen molar-refractivity contribution in [2.45, 2.75) is 12.5 Å². The fourth-order valence-corrected chi connectivity index (χ4v) is 6.36. The standard InChI is InChI=1S/C30H32N4O6S/c1-38-14-15-40-23-8-9-33(18-23)21-4-2-20(3-5-21)26-17-27(35)24(29(36)37)19-34(26)22-6-7-25-28(16-22)41-30(31-25)32-10-12-39-13-11-32/h2-7,16-17,19,23H,8-15,18H2,1H3,(H,36,37)/t23-/m0/s1. The van der Waals surface area contributed by atoms with Crippen molar-refractivity contribution >= 4 is 38.3 Å². The van der Waals surface area contributed by atoms with E-state index in [1.807, 2.05) is 42.5 Å². The van der Waals surface area contributed by atoms with Crippen LogP contribution in [-0.2, 0) is 14.2 Å². The quantitative estimate of drug-likeness (QED) is 0.297. The number of ether oxygens (including phenoxy) is 3. The fourth-order valence-electron chi connectivity index (χ4n) is 5.31. The Bertz CT molecular complexity index is 1600. The number of fused-ring (bicyclic) bond motifs is 1. The summed E-state index contributed by atoms with van der Waals surface area (Å²) in [6, 6.07) is 15.3. The molecular formula is C30H32N4O6S. The van der Waals surface area contributed by atoms with Crippen molar-refractivity contribution in [3.8, 4) is 16.9 Å². The van der Waals surface area contributed by atoms with Gasteiger partial charge in [-0.15, -0.1) is 0 Å². The summed E-state index contributed by atoms with van der Waals surface area (Å²) in [5, 5.41) is 10.6. The molecule has 4 aromatic rings. The van der Waals surface area contributed by atoms with Gasteiger partial charge in [-0.05, 0) is 42.3 Å². The van der Waals surface area contributed by atoms with E-state index in [4.69, 9.17) is 19.2 Å². The molecule has 2 aliphatic heterocycles. The van der Waals surface area contributed by atoms with Crippen LogP contribution in [0.15, 0.2) is 59.5 Å². The molecule has 41 heavy (non-hydrogen) atoms. The van der Waals surface area contributed by atoms with Gasteiger partial charge in [-0.25, -0.2) is 9.78 Å². The van der Waals surface area contributed by atoms with E-state index >= 15 is 0 Å². The number of carboxylic acid groups (broad SMARTS) is 1. The highest BCUT2D eigenvalue weighted by molar-refractivity contribution is 7.22. The van der Waals surface area contributed by atoms with Crippen molar-refractivity contribution in [1.29, 1.82) is 0 Å². The number of hydrogen-bond acceptors (Lipinski definition) is 9. The molecule has 1 atom stereocenters. The van der Waals surface area contributed by atoms with Crippen LogP contribution in [0.25, 0.3) is 27.2 Å². The molecule has 10 nitrogen and oxygen atoms in total. The van der Waals surface area contributed by atoms with E-state index in [2.05, 4.69) is 9.80 Å². The zero-order valence-electron chi connectivity index (χ0n) is 22.8. The lowest BCUT2D eigenvalue weighted by Gasteiger charge is -2.25. The van der Waals surface area contributed by atoms with Crippen molar-refractivity contribution in [3.63, 3.8) is 0 Å². The van der Waals surface area contributed by atoms with Crippen LogP contribution >= 0.6 is 11.3 Å². The largest absolute Gasteiger partial charge is 0.477 e. The predicted molar refractivity (Wildman–Crippen MR) is 159 cm³/mol. The molecule has 214 valence electrons. The Hall–Kier alpha value is -3.77. The van der Waals surface area contributed by atoms with Gasteiger partial charge in [0.25, 0.3) is 0 Å². The Morgan fingerprint density at radius 3 is 2.59 bits per heavy atom. The maximum absolute atomic E-state index is 12.8. The van der Waals surface area contributed by atoms with Gasteiger partial charge in [0.2, 0.25) is 0 Å². The molecule has 2 saturated heterocycles. The average Bonchev–Trinajstić information content (AvgIpc) is 3.65. The Kier molecular flexibility index (Phi) is 8.02. The molecule has 4 heterocycles. The third kappa shape index (κ3) is 5.84. The lowest BCUT2D eigenvalue weighted by Crippen LogP contribution is -2.36. The molecule has 1 N–H and O–H groups in total. The molecule has 11 heteroatoms. The summed E-state index contributed by atoms with van der Waals surface area (Å²) >= 11 is 1.60. The molecule has 2 fully saturated rings. The summed E-state index contributed by atoms with van der Waals surface area (Å²) in [7, 11) is 1.67. The van der Waals surface area contributed by atoms with Crippen LogP contribution in [0.5, 0.6) is 0 Å². The summed E-state index contributed by atoms with van der Waals surface area (Å²) in [6.45, 7) is 5.83. The van der Waals surface area contributed by atoms with Gasteiger partial charge in [-0.2, -0.15) is 0 Å². The van der Waals surface area contributed by atoms with Crippen LogP contribution in [-0.4, -0.2) is 86.4 Å². The number of nitrogens with zero attached hydrogens (tertiary/aromatic N) is 4. The Balaban J connectivity index is 1.31. The Morgan fingerprint density at radius 2 is 1.83 bits per heavy atom. The van der Waals surface area contributed by atoms with E-state index in [1.54, 1.807) is 23.0 Å². The number of aromatic carboxylic acids is 1. The van der Waals surface area contributed by atoms with Crippen molar-refractivity contribution in [3.05, 3.63) is 70.5 Å². The van der Waals surface area contributed by atoms with E-state index < -0.39 is 11.4 Å². The highest BCUT2D eigenvalue weighted by Gasteiger charge is 2.24. The molecule has 2 aromatic heterocycles. The summed E-state index contributed by atoms with van der Waals surface area (Å²) in [4.78, 5) is 34.0. The number of benzene rings is 2. The van der Waals surface area contributed by atoms with E-state index in [9.17, 15) is 14.7 Å². The normalized spacial score (nSPS) is 17.4. The first kappa shape index (κ1) is 27.4. The smallest absolute Gasteiger partial charge is 0.341 e. The van der Waals surface area contributed by atoms with E-state index in [-0.39, 0.29) is 11.7 Å². The van der Waals surface area contributed by atoms with Gasteiger partial charge >= 0.3 is 5.97 Å². The molecular weight excluding hydrogens is 544 g/mol. The van der Waals surface area contributed by atoms with Crippen LogP contribution < -0.4 is 15.2 Å². The van der Waals surface area contributed by atoms with Gasteiger partial charge in [0, 0.05) is 56.9 Å². The second kappa shape index (κ2) is 12.0. The topological polar surface area (TPSA) is 106 Å². The molecule has 0 radical (unpaired) electrons. The van der Waals surface area contributed by atoms with Crippen LogP contribution in [0.4, 0.5) is 10.8 Å². The van der Waals surface area contributed by atoms with Crippen molar-refractivity contribution in [2.75, 3.05) is 69.5 Å². The summed E-state index contributed by atoms with van der Waals surface area (Å²) < 4.78 is 19.2. The van der Waals surface area contributed by atoms with Gasteiger partial charge in [0.1, 0.15) is 5.56 Å². The zero-order valence-corrected chi connectivity index (χ0v) is 23.6. The number of carboxylic acids is 1. The number of morpholine rings is 1. The Morgan fingerprint density at radius 1 is 1.05 bits per heavy atom. The van der Waals surface area contributed by atoms with Crippen molar-refractivity contribution in [1.82, 2.24) is 9.55 Å². The second-order valence-electron chi connectivity index (χ2n) is 10.1. The van der Waals surface area contributed by atoms with E-state index in [0.717, 1.165) is 64.9 Å². The molecule has 2 aromatic carbocycles. The molecule has 6 rings (SSSR count). The Labute approximate surface area is 241 Å². The number of carbonyl (C=O) groups is 1. The maximum atomic E-state index is 12.8. The first-order valence-electron chi connectivity index (χ1n) is 13.7. The molecule has 0 amide bonds. The average molecular weight is 577 g/mol. The second-order valence-corrected chi connectivity index (χ2v) is 11.1. The molecule has 0 bridgehead atoms. The van der Waals surface area contributed by atoms with Crippen molar-refractivity contribution in [2.24, 2.45) is 0 Å². The molecule has 0 unspecified atom stereocenters. The van der Waals surface area contributed by atoms with E-state index in [1.165, 1.54) is 12.3 Å². The van der Waals surface area contributed by atoms with E-state index in [0.29, 0.717) is 32.1 Å². The number of aromatic nitrogens is 2. The van der Waals surface area contributed by atoms with Crippen LogP contribution in [0.2, 0.25) is 0 Å². The van der Waals surface area contributed by atoms with Crippen LogP contribution in [0, 0.1) is 0 Å². The summed E-state index contributed by atoms with van der Waals surface area (Å²) in [6.07, 6.45) is 2.54. The van der Waals surface area contributed by atoms with Crippen molar-refractivity contribution < 1.29 is 24.1 Å². The highest BCUT2D eigenvalue weighted by Crippen LogP contribution is 2.33. The monoisotopic (exact) mass is 576 g/mol. The third-order valence-corrected chi connectivity index (χ3v) is 8.60. The minimum atomic E-state index is -1.25. The van der Waals surface area contributed by atoms with Crippen LogP contribution in [0.3, 0.4) is 0 Å². The van der Waals surface area contributed by atoms with Gasteiger partial charge in [0.05, 0.1) is 48.4 Å². The van der Waals surface area contributed by atoms with Gasteiger partial charge in [-0.3, -0.25) is 4.79 Å². The first-order valence-corrected chi connectivity index (χ1v) is 14.5. The number of hydrogen-bond donors (Lipinski definition) is 1. The fraction of sp³-hybridized carbons (Fsp3) is 0.367. The minimum Gasteiger partial charge on any atom is -0.477 e. The third-order valence-electron chi connectivity index (χ3n) is 7.52. The van der Waals surface area contributed by atoms with Gasteiger partial charge in [0.15, 0.2) is 10.6 Å². The number of thiazole rings is 1. The van der Waals surface area contributed by atoms with Crippen LogP contribution in [0.1, 0.15) is 16.8 Å². The number of pyridine rings is 1. The summed E-state index contributed by atoms with van der Waals surface area (Å²) in [5.41, 5.74) is 3.33. The predicted octanol–water partition coefficient (Wildman–Crippen LogP) is 3.89. The molecule has 0 aliphatic carbocycles. The molecule has 0 spiro atoms. The number of methoxy groups -OCH3 is 1. The minimum absolute atomic E-state index is 0.170. The van der Waals surface area contributed by atoms with Gasteiger partial charge < -0.3 is 33.7 Å². The number of anilines is 2. The first-order chi connectivity index (χ1) is 20.0. The lowest BCUT2D eigenvalue weighted by molar-refractivity contribution is 0.0280.